The Bertz CT molecular complexity index is 1180. The summed E-state index contributed by atoms with van der Waals surface area (Å²) < 4.78 is 16.9. The summed E-state index contributed by atoms with van der Waals surface area (Å²) in [6, 6.07) is 22.8. The number of rotatable bonds is 9. The van der Waals surface area contributed by atoms with Gasteiger partial charge in [-0.3, -0.25) is 4.79 Å². The predicted molar refractivity (Wildman–Crippen MR) is 141 cm³/mol. The maximum absolute atomic E-state index is 10.7. The SMILES string of the molecule is NCc1cccc(-c2cc(COc3ccccc3COC=O)cc(N3CCC4(CCOC4)CC3)c2)c1. The Hall–Kier alpha value is -3.35. The molecule has 1 spiro atoms. The van der Waals surface area contributed by atoms with E-state index in [9.17, 15) is 4.79 Å². The Kier molecular flexibility index (Phi) is 7.54. The normalized spacial score (nSPS) is 16.8. The Morgan fingerprint density at radius 1 is 0.917 bits per heavy atom. The fourth-order valence-corrected chi connectivity index (χ4v) is 5.32. The number of nitrogens with zero attached hydrogens (tertiary/aromatic N) is 1. The van der Waals surface area contributed by atoms with Gasteiger partial charge in [0.2, 0.25) is 0 Å². The molecule has 6 heteroatoms. The third kappa shape index (κ3) is 5.55. The van der Waals surface area contributed by atoms with E-state index in [0.29, 0.717) is 25.0 Å². The highest BCUT2D eigenvalue weighted by Crippen LogP contribution is 2.41. The van der Waals surface area contributed by atoms with Crippen molar-refractivity contribution in [3.63, 3.8) is 0 Å². The summed E-state index contributed by atoms with van der Waals surface area (Å²) in [5.41, 5.74) is 12.9. The van der Waals surface area contributed by atoms with Gasteiger partial charge in [0.15, 0.2) is 0 Å². The second-order valence-electron chi connectivity index (χ2n) is 9.89. The molecule has 0 atom stereocenters. The lowest BCUT2D eigenvalue weighted by atomic mass is 9.78. The van der Waals surface area contributed by atoms with Crippen LogP contribution in [0.5, 0.6) is 5.75 Å². The van der Waals surface area contributed by atoms with Crippen LogP contribution in [0.15, 0.2) is 66.7 Å². The van der Waals surface area contributed by atoms with Gasteiger partial charge in [-0.25, -0.2) is 0 Å². The second kappa shape index (κ2) is 11.1. The first-order chi connectivity index (χ1) is 17.7. The van der Waals surface area contributed by atoms with Crippen molar-refractivity contribution in [2.24, 2.45) is 11.1 Å². The van der Waals surface area contributed by atoms with Crippen molar-refractivity contribution >= 4 is 12.2 Å². The third-order valence-electron chi connectivity index (χ3n) is 7.52. The molecule has 2 aliphatic rings. The van der Waals surface area contributed by atoms with Gasteiger partial charge in [0, 0.05) is 37.5 Å². The van der Waals surface area contributed by atoms with Gasteiger partial charge in [-0.1, -0.05) is 36.4 Å². The van der Waals surface area contributed by atoms with Gasteiger partial charge in [0.05, 0.1) is 6.61 Å². The van der Waals surface area contributed by atoms with Gasteiger partial charge < -0.3 is 24.8 Å². The Morgan fingerprint density at radius 2 is 1.75 bits per heavy atom. The quantitative estimate of drug-likeness (QED) is 0.426. The predicted octanol–water partition coefficient (Wildman–Crippen LogP) is 5.07. The summed E-state index contributed by atoms with van der Waals surface area (Å²) in [6.07, 6.45) is 3.50. The summed E-state index contributed by atoms with van der Waals surface area (Å²) in [4.78, 5) is 13.2. The van der Waals surface area contributed by atoms with Crippen LogP contribution in [0.1, 0.15) is 36.0 Å². The van der Waals surface area contributed by atoms with Gasteiger partial charge in [0.1, 0.15) is 19.0 Å². The number of carbonyl (C=O) groups excluding carboxylic acids is 1. The summed E-state index contributed by atoms with van der Waals surface area (Å²) >= 11 is 0. The number of nitrogens with two attached hydrogens (primary N) is 1. The molecule has 0 radical (unpaired) electrons. The molecule has 0 aromatic heterocycles. The summed E-state index contributed by atoms with van der Waals surface area (Å²) in [7, 11) is 0. The molecular weight excluding hydrogens is 452 g/mol. The molecule has 3 aromatic carbocycles. The Labute approximate surface area is 213 Å². The molecule has 6 nitrogen and oxygen atoms in total. The van der Waals surface area contributed by atoms with E-state index in [2.05, 4.69) is 47.4 Å². The van der Waals surface area contributed by atoms with Crippen molar-refractivity contribution in [3.8, 4) is 16.9 Å². The Morgan fingerprint density at radius 3 is 2.53 bits per heavy atom. The summed E-state index contributed by atoms with van der Waals surface area (Å²) in [6.45, 7) is 5.44. The molecule has 0 saturated carbocycles. The number of benzene rings is 3. The van der Waals surface area contributed by atoms with Gasteiger partial charge in [-0.2, -0.15) is 0 Å². The molecule has 3 aromatic rings. The van der Waals surface area contributed by atoms with E-state index in [1.807, 2.05) is 24.3 Å². The second-order valence-corrected chi connectivity index (χ2v) is 9.89. The molecule has 2 N–H and O–H groups in total. The van der Waals surface area contributed by atoms with Gasteiger partial charge in [0.25, 0.3) is 6.47 Å². The molecule has 2 saturated heterocycles. The van der Waals surface area contributed by atoms with E-state index in [1.54, 1.807) is 0 Å². The van der Waals surface area contributed by atoms with Crippen molar-refractivity contribution in [2.75, 3.05) is 31.2 Å². The minimum Gasteiger partial charge on any atom is -0.488 e. The molecule has 0 unspecified atom stereocenters. The Balaban J connectivity index is 1.41. The number of hydrogen-bond donors (Lipinski definition) is 1. The average molecular weight is 487 g/mol. The molecule has 0 aliphatic carbocycles. The zero-order valence-corrected chi connectivity index (χ0v) is 20.7. The molecule has 0 bridgehead atoms. The van der Waals surface area contributed by atoms with Crippen molar-refractivity contribution in [1.82, 2.24) is 0 Å². The highest BCUT2D eigenvalue weighted by Gasteiger charge is 2.38. The van der Waals surface area contributed by atoms with Crippen LogP contribution in [0.2, 0.25) is 0 Å². The van der Waals surface area contributed by atoms with Crippen LogP contribution in [-0.4, -0.2) is 32.8 Å². The fourth-order valence-electron chi connectivity index (χ4n) is 5.32. The number of carbonyl (C=O) groups is 1. The van der Waals surface area contributed by atoms with Crippen LogP contribution in [0.25, 0.3) is 11.1 Å². The number of piperidine rings is 1. The summed E-state index contributed by atoms with van der Waals surface area (Å²) in [5, 5.41) is 0. The van der Waals surface area contributed by atoms with Crippen molar-refractivity contribution in [2.45, 2.75) is 39.0 Å². The van der Waals surface area contributed by atoms with Crippen molar-refractivity contribution < 1.29 is 19.0 Å². The molecule has 188 valence electrons. The highest BCUT2D eigenvalue weighted by molar-refractivity contribution is 5.70. The van der Waals surface area contributed by atoms with Gasteiger partial charge in [-0.05, 0) is 77.3 Å². The van der Waals surface area contributed by atoms with Crippen LogP contribution in [0, 0.1) is 5.41 Å². The summed E-state index contributed by atoms with van der Waals surface area (Å²) in [5.74, 6) is 0.720. The first-order valence-corrected chi connectivity index (χ1v) is 12.7. The van der Waals surface area contributed by atoms with Crippen molar-refractivity contribution in [1.29, 1.82) is 0 Å². The molecular formula is C30H34N2O4. The number of hydrogen-bond acceptors (Lipinski definition) is 6. The maximum Gasteiger partial charge on any atom is 0.293 e. The van der Waals surface area contributed by atoms with E-state index in [0.717, 1.165) is 72.7 Å². The first kappa shape index (κ1) is 24.3. The standard InChI is InChI=1S/C30H34N2O4/c31-18-23-4-3-6-25(14-23)27-15-24(19-36-29-7-2-1-5-26(29)20-35-22-33)16-28(17-27)32-11-8-30(9-12-32)10-13-34-21-30/h1-7,14-17,22H,8-13,18-21,31H2. The molecule has 2 aliphatic heterocycles. The molecule has 5 rings (SSSR count). The van der Waals surface area contributed by atoms with Crippen LogP contribution >= 0.6 is 0 Å². The van der Waals surface area contributed by atoms with E-state index >= 15 is 0 Å². The van der Waals surface area contributed by atoms with Crippen LogP contribution in [-0.2, 0) is 34.0 Å². The average Bonchev–Trinajstić information content (AvgIpc) is 3.39. The van der Waals surface area contributed by atoms with Crippen LogP contribution < -0.4 is 15.4 Å². The van der Waals surface area contributed by atoms with E-state index in [1.165, 1.54) is 12.1 Å². The zero-order valence-electron chi connectivity index (χ0n) is 20.7. The maximum atomic E-state index is 10.7. The van der Waals surface area contributed by atoms with Gasteiger partial charge in [-0.15, -0.1) is 0 Å². The van der Waals surface area contributed by atoms with Crippen LogP contribution in [0.4, 0.5) is 5.69 Å². The number of anilines is 1. The monoisotopic (exact) mass is 486 g/mol. The zero-order chi connectivity index (χ0) is 24.8. The first-order valence-electron chi connectivity index (χ1n) is 12.7. The van der Waals surface area contributed by atoms with E-state index in [4.69, 9.17) is 19.9 Å². The smallest absolute Gasteiger partial charge is 0.293 e. The van der Waals surface area contributed by atoms with Gasteiger partial charge >= 0.3 is 0 Å². The fraction of sp³-hybridized carbons (Fsp3) is 0.367. The lowest BCUT2D eigenvalue weighted by Crippen LogP contribution is -2.40. The molecule has 2 heterocycles. The van der Waals surface area contributed by atoms with E-state index < -0.39 is 0 Å². The minimum atomic E-state index is 0.191. The third-order valence-corrected chi connectivity index (χ3v) is 7.52. The minimum absolute atomic E-state index is 0.191. The van der Waals surface area contributed by atoms with Crippen molar-refractivity contribution in [3.05, 3.63) is 83.4 Å². The topological polar surface area (TPSA) is 74.0 Å². The molecule has 36 heavy (non-hydrogen) atoms. The van der Waals surface area contributed by atoms with E-state index in [-0.39, 0.29) is 6.61 Å². The molecule has 0 amide bonds. The molecule has 2 fully saturated rings. The lowest BCUT2D eigenvalue weighted by molar-refractivity contribution is -0.129. The number of para-hydroxylation sites is 1. The number of ether oxygens (including phenoxy) is 3. The van der Waals surface area contributed by atoms with Crippen LogP contribution in [0.3, 0.4) is 0 Å². The largest absolute Gasteiger partial charge is 0.488 e. The highest BCUT2D eigenvalue weighted by atomic mass is 16.5. The lowest BCUT2D eigenvalue weighted by Gasteiger charge is -2.39.